The van der Waals surface area contributed by atoms with Crippen LogP contribution in [-0.4, -0.2) is 34.4 Å². The second-order valence-electron chi connectivity index (χ2n) is 5.85. The molecule has 5 nitrogen and oxygen atoms in total. The maximum Gasteiger partial charge on any atom is 0.267 e. The topological polar surface area (TPSA) is 82.2 Å². The molecule has 5 heteroatoms. The lowest BCUT2D eigenvalue weighted by molar-refractivity contribution is 0.0895. The number of aliphatic hydroxyl groups is 1. The molecule has 1 aromatic heterocycles. The summed E-state index contributed by atoms with van der Waals surface area (Å²) in [6.07, 6.45) is 7.99. The highest BCUT2D eigenvalue weighted by Gasteiger charge is 2.25. The molecule has 1 heterocycles. The van der Waals surface area contributed by atoms with Gasteiger partial charge in [-0.15, -0.1) is 0 Å². The van der Waals surface area contributed by atoms with Gasteiger partial charge in [0.2, 0.25) is 0 Å². The van der Waals surface area contributed by atoms with E-state index >= 15 is 0 Å². The van der Waals surface area contributed by atoms with Gasteiger partial charge >= 0.3 is 0 Å². The Morgan fingerprint density at radius 3 is 2.67 bits per heavy atom. The summed E-state index contributed by atoms with van der Waals surface area (Å²) in [7, 11) is 0. The molecule has 0 aliphatic heterocycles. The third-order valence-corrected chi connectivity index (χ3v) is 4.31. The van der Waals surface area contributed by atoms with Crippen LogP contribution in [0.3, 0.4) is 0 Å². The number of amides is 1. The predicted octanol–water partition coefficient (Wildman–Crippen LogP) is 2.28. The maximum absolute atomic E-state index is 12.3. The molecule has 1 fully saturated rings. The van der Waals surface area contributed by atoms with Crippen molar-refractivity contribution in [2.24, 2.45) is 5.92 Å². The monoisotopic (exact) mass is 292 g/mol. The van der Waals surface area contributed by atoms with Crippen LogP contribution < -0.4 is 5.32 Å². The number of aromatic nitrogens is 1. The van der Waals surface area contributed by atoms with E-state index in [0.29, 0.717) is 23.6 Å². The number of aliphatic hydroxyl groups excluding tert-OH is 1. The van der Waals surface area contributed by atoms with Gasteiger partial charge in [0.25, 0.3) is 5.91 Å². The number of ketones is 1. The molecule has 0 spiro atoms. The molecular formula is C16H24N2O3. The van der Waals surface area contributed by atoms with Gasteiger partial charge in [-0.1, -0.05) is 19.3 Å². The smallest absolute Gasteiger partial charge is 0.267 e. The predicted molar refractivity (Wildman–Crippen MR) is 80.3 cm³/mol. The lowest BCUT2D eigenvalue weighted by atomic mass is 9.82. The first-order valence-electron chi connectivity index (χ1n) is 7.73. The average Bonchev–Trinajstić information content (AvgIpc) is 2.98. The minimum Gasteiger partial charge on any atom is -0.396 e. The van der Waals surface area contributed by atoms with Crippen molar-refractivity contribution in [2.75, 3.05) is 6.61 Å². The third kappa shape index (κ3) is 4.17. The number of nitrogens with one attached hydrogen (secondary N) is 2. The molecule has 1 saturated carbocycles. The molecule has 0 aromatic carbocycles. The first kappa shape index (κ1) is 15.8. The number of hydrogen-bond acceptors (Lipinski definition) is 3. The quantitative estimate of drug-likeness (QED) is 0.703. The molecule has 1 aliphatic carbocycles. The van der Waals surface area contributed by atoms with Crippen LogP contribution in [0.25, 0.3) is 0 Å². The van der Waals surface area contributed by atoms with E-state index < -0.39 is 0 Å². The molecule has 0 radical (unpaired) electrons. The lowest BCUT2D eigenvalue weighted by Gasteiger charge is -2.30. The van der Waals surface area contributed by atoms with Gasteiger partial charge in [-0.25, -0.2) is 0 Å². The Balaban J connectivity index is 2.00. The number of carbonyl (C=O) groups is 2. The van der Waals surface area contributed by atoms with Crippen LogP contribution in [0.2, 0.25) is 0 Å². The van der Waals surface area contributed by atoms with Crippen molar-refractivity contribution < 1.29 is 14.7 Å². The van der Waals surface area contributed by atoms with Crippen LogP contribution >= 0.6 is 0 Å². The van der Waals surface area contributed by atoms with E-state index in [0.717, 1.165) is 12.8 Å². The van der Waals surface area contributed by atoms with Crippen LogP contribution in [0.15, 0.2) is 12.3 Å². The van der Waals surface area contributed by atoms with Gasteiger partial charge in [0.15, 0.2) is 5.78 Å². The molecule has 1 amide bonds. The summed E-state index contributed by atoms with van der Waals surface area (Å²) in [5, 5.41) is 12.2. The second-order valence-corrected chi connectivity index (χ2v) is 5.85. The fourth-order valence-corrected chi connectivity index (χ4v) is 3.08. The molecular weight excluding hydrogens is 268 g/mol. The summed E-state index contributed by atoms with van der Waals surface area (Å²) in [5.74, 6) is 0.174. The van der Waals surface area contributed by atoms with E-state index in [1.807, 2.05) is 0 Å². The van der Waals surface area contributed by atoms with Gasteiger partial charge in [0.05, 0.1) is 0 Å². The Kier molecular flexibility index (Phi) is 5.56. The van der Waals surface area contributed by atoms with Gasteiger partial charge in [-0.05, 0) is 38.2 Å². The Morgan fingerprint density at radius 2 is 2.10 bits per heavy atom. The molecule has 0 bridgehead atoms. The van der Waals surface area contributed by atoms with E-state index in [9.17, 15) is 14.7 Å². The summed E-state index contributed by atoms with van der Waals surface area (Å²) in [6.45, 7) is 1.55. The minimum absolute atomic E-state index is 0.00637. The van der Waals surface area contributed by atoms with E-state index in [1.54, 1.807) is 12.3 Å². The summed E-state index contributed by atoms with van der Waals surface area (Å²) in [6, 6.07) is 1.58. The number of carbonyl (C=O) groups excluding carboxylic acids is 2. The average molecular weight is 292 g/mol. The van der Waals surface area contributed by atoms with E-state index in [1.165, 1.54) is 26.2 Å². The van der Waals surface area contributed by atoms with Crippen molar-refractivity contribution in [1.82, 2.24) is 10.3 Å². The molecule has 1 atom stereocenters. The number of Topliss-reactive ketones (excluding diaryl/α,β-unsaturated/α-hetero) is 1. The molecule has 1 aromatic rings. The van der Waals surface area contributed by atoms with Crippen LogP contribution in [0.4, 0.5) is 0 Å². The van der Waals surface area contributed by atoms with Gasteiger partial charge in [-0.2, -0.15) is 0 Å². The van der Waals surface area contributed by atoms with Crippen molar-refractivity contribution in [3.63, 3.8) is 0 Å². The molecule has 0 saturated heterocycles. The highest BCUT2D eigenvalue weighted by atomic mass is 16.3. The molecule has 3 N–H and O–H groups in total. The summed E-state index contributed by atoms with van der Waals surface area (Å²) >= 11 is 0. The molecule has 116 valence electrons. The van der Waals surface area contributed by atoms with Crippen molar-refractivity contribution in [3.8, 4) is 0 Å². The van der Waals surface area contributed by atoms with Crippen LogP contribution in [0.1, 0.15) is 66.3 Å². The summed E-state index contributed by atoms with van der Waals surface area (Å²) in [5.41, 5.74) is 0.912. The van der Waals surface area contributed by atoms with Gasteiger partial charge in [-0.3, -0.25) is 9.59 Å². The number of H-pyrrole nitrogens is 1. The first-order chi connectivity index (χ1) is 10.1. The van der Waals surface area contributed by atoms with Crippen molar-refractivity contribution in [2.45, 2.75) is 51.5 Å². The SMILES string of the molecule is CC(=O)c1c[nH]c(C(=O)NC(CCO)C2CCCCC2)c1. The van der Waals surface area contributed by atoms with Crippen molar-refractivity contribution >= 4 is 11.7 Å². The van der Waals surface area contributed by atoms with E-state index in [2.05, 4.69) is 10.3 Å². The van der Waals surface area contributed by atoms with Gasteiger partial charge < -0.3 is 15.4 Å². The highest BCUT2D eigenvalue weighted by Crippen LogP contribution is 2.27. The summed E-state index contributed by atoms with van der Waals surface area (Å²) < 4.78 is 0. The largest absolute Gasteiger partial charge is 0.396 e. The number of hydrogen-bond donors (Lipinski definition) is 3. The number of rotatable bonds is 6. The maximum atomic E-state index is 12.3. The number of aromatic amines is 1. The van der Waals surface area contributed by atoms with Crippen LogP contribution in [0, 0.1) is 5.92 Å². The minimum atomic E-state index is -0.202. The van der Waals surface area contributed by atoms with Crippen molar-refractivity contribution in [3.05, 3.63) is 23.5 Å². The fraction of sp³-hybridized carbons (Fsp3) is 0.625. The van der Waals surface area contributed by atoms with Crippen LogP contribution in [-0.2, 0) is 0 Å². The van der Waals surface area contributed by atoms with Crippen molar-refractivity contribution in [1.29, 1.82) is 0 Å². The Hall–Kier alpha value is -1.62. The van der Waals surface area contributed by atoms with E-state index in [-0.39, 0.29) is 24.3 Å². The Bertz CT molecular complexity index is 489. The summed E-state index contributed by atoms with van der Waals surface area (Å²) in [4.78, 5) is 26.4. The molecule has 2 rings (SSSR count). The van der Waals surface area contributed by atoms with Gasteiger partial charge in [0.1, 0.15) is 5.69 Å². The first-order valence-corrected chi connectivity index (χ1v) is 7.73. The fourth-order valence-electron chi connectivity index (χ4n) is 3.08. The Labute approximate surface area is 125 Å². The second kappa shape index (κ2) is 7.41. The zero-order valence-corrected chi connectivity index (χ0v) is 12.5. The molecule has 1 unspecified atom stereocenters. The van der Waals surface area contributed by atoms with E-state index in [4.69, 9.17) is 0 Å². The molecule has 1 aliphatic rings. The molecule has 21 heavy (non-hydrogen) atoms. The standard InChI is InChI=1S/C16H24N2O3/c1-11(20)13-9-15(17-10-13)16(21)18-14(7-8-19)12-5-3-2-4-6-12/h9-10,12,14,17,19H,2-8H2,1H3,(H,18,21). The van der Waals surface area contributed by atoms with Gasteiger partial charge in [0, 0.05) is 24.4 Å². The lowest BCUT2D eigenvalue weighted by Crippen LogP contribution is -2.41. The highest BCUT2D eigenvalue weighted by molar-refractivity contribution is 5.99. The normalized spacial score (nSPS) is 17.4. The zero-order chi connectivity index (χ0) is 15.2. The third-order valence-electron chi connectivity index (χ3n) is 4.31. The van der Waals surface area contributed by atoms with Crippen LogP contribution in [0.5, 0.6) is 0 Å². The zero-order valence-electron chi connectivity index (χ0n) is 12.5. The Morgan fingerprint density at radius 1 is 1.38 bits per heavy atom.